The van der Waals surface area contributed by atoms with Gasteiger partial charge in [-0.15, -0.1) is 0 Å². The normalized spacial score (nSPS) is 15.5. The zero-order valence-corrected chi connectivity index (χ0v) is 8.02. The van der Waals surface area contributed by atoms with E-state index in [1.165, 1.54) is 12.4 Å². The summed E-state index contributed by atoms with van der Waals surface area (Å²) in [6.45, 7) is 1.68. The van der Waals surface area contributed by atoms with E-state index in [4.69, 9.17) is 16.4 Å². The zero-order valence-electron chi connectivity index (χ0n) is 6.45. The smallest absolute Gasteiger partial charge is 0.222 e. The fourth-order valence-electron chi connectivity index (χ4n) is 0.637. The number of hydrogen-bond acceptors (Lipinski definition) is 4. The molecule has 12 heavy (non-hydrogen) atoms. The van der Waals surface area contributed by atoms with Gasteiger partial charge in [-0.05, 0) is 11.6 Å². The van der Waals surface area contributed by atoms with E-state index < -0.39 is 9.73 Å². The Morgan fingerprint density at radius 1 is 1.58 bits per heavy atom. The van der Waals surface area contributed by atoms with Crippen LogP contribution in [0.15, 0.2) is 17.3 Å². The third-order valence-electron chi connectivity index (χ3n) is 1.38. The van der Waals surface area contributed by atoms with Crippen molar-refractivity contribution in [3.8, 4) is 0 Å². The highest BCUT2D eigenvalue weighted by atomic mass is 35.5. The van der Waals surface area contributed by atoms with Crippen LogP contribution < -0.4 is 0 Å². The molecular formula is C6H8ClN3OS. The molecule has 0 fully saturated rings. The molecule has 0 aliphatic rings. The van der Waals surface area contributed by atoms with Gasteiger partial charge in [0, 0.05) is 18.1 Å². The molecule has 1 aromatic heterocycles. The summed E-state index contributed by atoms with van der Waals surface area (Å²) in [5.74, 6) is 0.262. The van der Waals surface area contributed by atoms with Gasteiger partial charge in [0.2, 0.25) is 5.28 Å². The van der Waals surface area contributed by atoms with Gasteiger partial charge in [0.25, 0.3) is 0 Å². The molecule has 1 rings (SSSR count). The molecule has 0 aromatic carbocycles. The third kappa shape index (κ3) is 1.92. The zero-order chi connectivity index (χ0) is 9.19. The Hall–Kier alpha value is -0.680. The van der Waals surface area contributed by atoms with Crippen LogP contribution in [0.2, 0.25) is 5.28 Å². The second-order valence-corrected chi connectivity index (χ2v) is 4.89. The van der Waals surface area contributed by atoms with Crippen LogP contribution >= 0.6 is 11.6 Å². The largest absolute Gasteiger partial charge is 0.249 e. The number of hydrogen-bond donors (Lipinski definition) is 1. The summed E-state index contributed by atoms with van der Waals surface area (Å²) in [4.78, 5) is 7.63. The number of halogens is 1. The molecule has 0 amide bonds. The maximum atomic E-state index is 11.4. The van der Waals surface area contributed by atoms with E-state index in [1.807, 2.05) is 0 Å². The maximum absolute atomic E-state index is 11.4. The number of nitrogens with zero attached hydrogens (tertiary/aromatic N) is 2. The van der Waals surface area contributed by atoms with E-state index in [2.05, 4.69) is 9.97 Å². The summed E-state index contributed by atoms with van der Waals surface area (Å²) >= 11 is 5.43. The minimum atomic E-state index is -2.70. The summed E-state index contributed by atoms with van der Waals surface area (Å²) in [5.41, 5.74) is 0. The molecule has 4 nitrogen and oxygen atoms in total. The first-order chi connectivity index (χ1) is 5.56. The van der Waals surface area contributed by atoms with Crippen molar-refractivity contribution in [2.24, 2.45) is 0 Å². The lowest BCUT2D eigenvalue weighted by atomic mass is 10.7. The predicted molar refractivity (Wildman–Crippen MR) is 46.7 cm³/mol. The molecule has 1 aromatic rings. The number of rotatable bonds is 2. The average Bonchev–Trinajstić information content (AvgIpc) is 2.05. The van der Waals surface area contributed by atoms with Gasteiger partial charge in [0.05, 0.1) is 14.6 Å². The molecule has 1 atom stereocenters. The SMILES string of the molecule is CCS(=N)(=O)c1cnc(Cl)nc1. The molecule has 6 heteroatoms. The minimum Gasteiger partial charge on any atom is -0.249 e. The third-order valence-corrected chi connectivity index (χ3v) is 3.36. The van der Waals surface area contributed by atoms with Crippen molar-refractivity contribution in [1.82, 2.24) is 9.97 Å². The van der Waals surface area contributed by atoms with Crippen molar-refractivity contribution in [1.29, 1.82) is 4.78 Å². The fourth-order valence-corrected chi connectivity index (χ4v) is 1.51. The van der Waals surface area contributed by atoms with Crippen molar-refractivity contribution in [2.45, 2.75) is 11.8 Å². The number of nitrogens with one attached hydrogen (secondary N) is 1. The molecule has 0 aliphatic heterocycles. The Labute approximate surface area is 76.0 Å². The van der Waals surface area contributed by atoms with Crippen molar-refractivity contribution >= 4 is 21.3 Å². The summed E-state index contributed by atoms with van der Waals surface area (Å²) in [5, 5.41) is 0.102. The van der Waals surface area contributed by atoms with Crippen LogP contribution in [0.1, 0.15) is 6.92 Å². The van der Waals surface area contributed by atoms with Crippen LogP contribution in [0.3, 0.4) is 0 Å². The monoisotopic (exact) mass is 205 g/mol. The molecular weight excluding hydrogens is 198 g/mol. The molecule has 0 saturated heterocycles. The van der Waals surface area contributed by atoms with Crippen LogP contribution in [0.25, 0.3) is 0 Å². The molecule has 0 spiro atoms. The van der Waals surface area contributed by atoms with Gasteiger partial charge in [-0.1, -0.05) is 6.92 Å². The van der Waals surface area contributed by atoms with Gasteiger partial charge in [-0.2, -0.15) is 0 Å². The van der Waals surface area contributed by atoms with Crippen molar-refractivity contribution < 1.29 is 4.21 Å². The van der Waals surface area contributed by atoms with Gasteiger partial charge in [0.1, 0.15) is 0 Å². The van der Waals surface area contributed by atoms with Crippen LogP contribution in [0.4, 0.5) is 0 Å². The van der Waals surface area contributed by atoms with Crippen LogP contribution in [-0.2, 0) is 9.73 Å². The van der Waals surface area contributed by atoms with E-state index in [-0.39, 0.29) is 11.0 Å². The Bertz CT molecular complexity index is 359. The highest BCUT2D eigenvalue weighted by Gasteiger charge is 2.07. The lowest BCUT2D eigenvalue weighted by molar-refractivity contribution is 0.674. The van der Waals surface area contributed by atoms with Gasteiger partial charge < -0.3 is 0 Å². The molecule has 66 valence electrons. The predicted octanol–water partition coefficient (Wildman–Crippen LogP) is 1.56. The van der Waals surface area contributed by atoms with Crippen LogP contribution in [0, 0.1) is 4.78 Å². The quantitative estimate of drug-likeness (QED) is 0.745. The lowest BCUT2D eigenvalue weighted by Gasteiger charge is -2.01. The Morgan fingerprint density at radius 2 is 2.08 bits per heavy atom. The summed E-state index contributed by atoms with van der Waals surface area (Å²) in [7, 11) is -2.70. The first kappa shape index (κ1) is 9.41. The topological polar surface area (TPSA) is 66.7 Å². The molecule has 1 unspecified atom stereocenters. The second-order valence-electron chi connectivity index (χ2n) is 2.15. The van der Waals surface area contributed by atoms with E-state index in [0.717, 1.165) is 0 Å². The molecule has 1 N–H and O–H groups in total. The second kappa shape index (κ2) is 3.37. The first-order valence-corrected chi connectivity index (χ1v) is 5.41. The molecule has 0 aliphatic carbocycles. The first-order valence-electron chi connectivity index (χ1n) is 3.30. The van der Waals surface area contributed by atoms with Gasteiger partial charge in [-0.25, -0.2) is 19.0 Å². The summed E-state index contributed by atoms with van der Waals surface area (Å²) in [6.07, 6.45) is 2.66. The Balaban J connectivity index is 3.14. The maximum Gasteiger partial charge on any atom is 0.222 e. The van der Waals surface area contributed by atoms with Crippen LogP contribution in [-0.4, -0.2) is 19.9 Å². The van der Waals surface area contributed by atoms with Gasteiger partial charge in [-0.3, -0.25) is 0 Å². The van der Waals surface area contributed by atoms with E-state index in [0.29, 0.717) is 4.90 Å². The fraction of sp³-hybridized carbons (Fsp3) is 0.333. The van der Waals surface area contributed by atoms with Crippen LogP contribution in [0.5, 0.6) is 0 Å². The molecule has 0 radical (unpaired) electrons. The van der Waals surface area contributed by atoms with Crippen molar-refractivity contribution in [2.75, 3.05) is 5.75 Å². The minimum absolute atomic E-state index is 0.102. The summed E-state index contributed by atoms with van der Waals surface area (Å²) < 4.78 is 18.8. The molecule has 0 saturated carbocycles. The average molecular weight is 206 g/mol. The van der Waals surface area contributed by atoms with E-state index >= 15 is 0 Å². The molecule has 1 heterocycles. The standard InChI is InChI=1S/C6H8ClN3OS/c1-2-12(8,11)5-3-9-6(7)10-4-5/h3-4,8H,2H2,1H3. The molecule has 0 bridgehead atoms. The Morgan fingerprint density at radius 3 is 2.50 bits per heavy atom. The summed E-state index contributed by atoms with van der Waals surface area (Å²) in [6, 6.07) is 0. The highest BCUT2D eigenvalue weighted by molar-refractivity contribution is 7.92. The highest BCUT2D eigenvalue weighted by Crippen LogP contribution is 2.09. The lowest BCUT2D eigenvalue weighted by Crippen LogP contribution is -2.02. The van der Waals surface area contributed by atoms with Gasteiger partial charge >= 0.3 is 0 Å². The van der Waals surface area contributed by atoms with Crippen molar-refractivity contribution in [3.05, 3.63) is 17.7 Å². The number of aromatic nitrogens is 2. The van der Waals surface area contributed by atoms with Crippen molar-refractivity contribution in [3.63, 3.8) is 0 Å². The van der Waals surface area contributed by atoms with E-state index in [9.17, 15) is 4.21 Å². The van der Waals surface area contributed by atoms with E-state index in [1.54, 1.807) is 6.92 Å². The Kier molecular flexibility index (Phi) is 2.64. The van der Waals surface area contributed by atoms with Gasteiger partial charge in [0.15, 0.2) is 0 Å².